The minimum Gasteiger partial charge on any atom is -0.398 e. The largest absolute Gasteiger partial charge is 0.398 e. The molecule has 0 amide bonds. The molecule has 2 N–H and O–H groups in total. The second-order valence-electron chi connectivity index (χ2n) is 3.55. The summed E-state index contributed by atoms with van der Waals surface area (Å²) in [6, 6.07) is 10.3. The number of hydrogen-bond donors (Lipinski definition) is 1. The molecule has 0 heterocycles. The fourth-order valence-corrected chi connectivity index (χ4v) is 1.60. The van der Waals surface area contributed by atoms with Crippen LogP contribution in [-0.4, -0.2) is 5.78 Å². The van der Waals surface area contributed by atoms with Gasteiger partial charge in [-0.05, 0) is 30.3 Å². The normalized spacial score (nSPS) is 10.2. The summed E-state index contributed by atoms with van der Waals surface area (Å²) in [6.45, 7) is 0. The maximum Gasteiger partial charge on any atom is 0.196 e. The van der Waals surface area contributed by atoms with Crippen molar-refractivity contribution in [3.05, 3.63) is 64.4 Å². The number of benzene rings is 2. The van der Waals surface area contributed by atoms with E-state index in [9.17, 15) is 9.18 Å². The van der Waals surface area contributed by atoms with Crippen molar-refractivity contribution in [2.24, 2.45) is 0 Å². The summed E-state index contributed by atoms with van der Waals surface area (Å²) in [5.74, 6) is -0.961. The summed E-state index contributed by atoms with van der Waals surface area (Å²) in [7, 11) is 0. The molecule has 2 nitrogen and oxygen atoms in total. The fraction of sp³-hybridized carbons (Fsp3) is 0. The molecule has 0 fully saturated rings. The van der Waals surface area contributed by atoms with E-state index in [1.807, 2.05) is 0 Å². The molecule has 4 heteroatoms. The molecule has 0 spiro atoms. The van der Waals surface area contributed by atoms with Crippen LogP contribution in [0.15, 0.2) is 42.5 Å². The van der Waals surface area contributed by atoms with Crippen molar-refractivity contribution < 1.29 is 9.18 Å². The quantitative estimate of drug-likeness (QED) is 0.656. The summed E-state index contributed by atoms with van der Waals surface area (Å²) in [5, 5.41) is 0.370. The molecule has 0 atom stereocenters. The first-order valence-corrected chi connectivity index (χ1v) is 5.31. The Kier molecular flexibility index (Phi) is 3.11. The Labute approximate surface area is 103 Å². The molecule has 0 aromatic heterocycles. The van der Waals surface area contributed by atoms with Crippen LogP contribution in [0.25, 0.3) is 0 Å². The van der Waals surface area contributed by atoms with Crippen molar-refractivity contribution in [3.8, 4) is 0 Å². The highest BCUT2D eigenvalue weighted by molar-refractivity contribution is 6.33. The SMILES string of the molecule is Nc1cc(C(=O)c2ccccc2F)ccc1Cl. The van der Waals surface area contributed by atoms with Gasteiger partial charge in [0.25, 0.3) is 0 Å². The van der Waals surface area contributed by atoms with E-state index in [4.69, 9.17) is 17.3 Å². The third kappa shape index (κ3) is 2.29. The smallest absolute Gasteiger partial charge is 0.196 e. The Morgan fingerprint density at radius 2 is 1.88 bits per heavy atom. The van der Waals surface area contributed by atoms with Gasteiger partial charge in [-0.2, -0.15) is 0 Å². The van der Waals surface area contributed by atoms with Gasteiger partial charge in [-0.25, -0.2) is 4.39 Å². The summed E-state index contributed by atoms with van der Waals surface area (Å²) >= 11 is 5.75. The molecule has 86 valence electrons. The molecule has 0 aliphatic heterocycles. The summed E-state index contributed by atoms with van der Waals surface area (Å²) < 4.78 is 13.4. The monoisotopic (exact) mass is 249 g/mol. The van der Waals surface area contributed by atoms with Crippen LogP contribution in [0.3, 0.4) is 0 Å². The number of nitrogen functional groups attached to an aromatic ring is 1. The summed E-state index contributed by atoms with van der Waals surface area (Å²) in [5.41, 5.74) is 6.24. The first-order chi connectivity index (χ1) is 8.09. The molecule has 2 aromatic rings. The molecular formula is C13H9ClFNO. The predicted octanol–water partition coefficient (Wildman–Crippen LogP) is 3.29. The zero-order valence-electron chi connectivity index (χ0n) is 8.78. The number of halogens is 2. The van der Waals surface area contributed by atoms with Gasteiger partial charge in [-0.15, -0.1) is 0 Å². The van der Waals surface area contributed by atoms with Gasteiger partial charge in [-0.3, -0.25) is 4.79 Å². The lowest BCUT2D eigenvalue weighted by molar-refractivity contribution is 0.103. The van der Waals surface area contributed by atoms with Gasteiger partial charge in [0, 0.05) is 5.56 Å². The highest BCUT2D eigenvalue weighted by Gasteiger charge is 2.13. The Hall–Kier alpha value is -1.87. The molecule has 0 aliphatic carbocycles. The number of hydrogen-bond acceptors (Lipinski definition) is 2. The predicted molar refractivity (Wildman–Crippen MR) is 65.7 cm³/mol. The van der Waals surface area contributed by atoms with Gasteiger partial charge in [-0.1, -0.05) is 23.7 Å². The standard InChI is InChI=1S/C13H9ClFNO/c14-10-6-5-8(7-12(10)16)13(17)9-3-1-2-4-11(9)15/h1-7H,16H2. The van der Waals surface area contributed by atoms with Crippen LogP contribution in [0.1, 0.15) is 15.9 Å². The number of rotatable bonds is 2. The van der Waals surface area contributed by atoms with E-state index < -0.39 is 11.6 Å². The number of anilines is 1. The minimum atomic E-state index is -0.550. The van der Waals surface area contributed by atoms with E-state index in [0.717, 1.165) is 0 Å². The first-order valence-electron chi connectivity index (χ1n) is 4.94. The van der Waals surface area contributed by atoms with Crippen LogP contribution in [0.4, 0.5) is 10.1 Å². The van der Waals surface area contributed by atoms with E-state index in [0.29, 0.717) is 16.3 Å². The molecule has 0 saturated carbocycles. The van der Waals surface area contributed by atoms with E-state index in [1.165, 1.54) is 36.4 Å². The van der Waals surface area contributed by atoms with Crippen molar-refractivity contribution in [1.29, 1.82) is 0 Å². The highest BCUT2D eigenvalue weighted by Crippen LogP contribution is 2.22. The second-order valence-corrected chi connectivity index (χ2v) is 3.95. The maximum atomic E-state index is 13.4. The van der Waals surface area contributed by atoms with Crippen LogP contribution in [0.2, 0.25) is 5.02 Å². The van der Waals surface area contributed by atoms with E-state index in [1.54, 1.807) is 6.07 Å². The van der Waals surface area contributed by atoms with Crippen LogP contribution < -0.4 is 5.73 Å². The van der Waals surface area contributed by atoms with Crippen molar-refractivity contribution in [2.45, 2.75) is 0 Å². The lowest BCUT2D eigenvalue weighted by Crippen LogP contribution is -2.04. The highest BCUT2D eigenvalue weighted by atomic mass is 35.5. The molecule has 0 unspecified atom stereocenters. The van der Waals surface area contributed by atoms with E-state index in [-0.39, 0.29) is 5.56 Å². The van der Waals surface area contributed by atoms with E-state index >= 15 is 0 Å². The lowest BCUT2D eigenvalue weighted by Gasteiger charge is -2.04. The zero-order chi connectivity index (χ0) is 12.4. The summed E-state index contributed by atoms with van der Waals surface area (Å²) in [4.78, 5) is 12.0. The van der Waals surface area contributed by atoms with Crippen LogP contribution in [-0.2, 0) is 0 Å². The van der Waals surface area contributed by atoms with Crippen LogP contribution in [0, 0.1) is 5.82 Å². The van der Waals surface area contributed by atoms with Gasteiger partial charge in [0.2, 0.25) is 0 Å². The molecule has 0 bridgehead atoms. The fourth-order valence-electron chi connectivity index (χ4n) is 1.49. The zero-order valence-corrected chi connectivity index (χ0v) is 9.54. The van der Waals surface area contributed by atoms with Gasteiger partial charge in [0.1, 0.15) is 5.82 Å². The minimum absolute atomic E-state index is 0.0224. The third-order valence-corrected chi connectivity index (χ3v) is 2.72. The van der Waals surface area contributed by atoms with Gasteiger partial charge < -0.3 is 5.73 Å². The van der Waals surface area contributed by atoms with Crippen LogP contribution in [0.5, 0.6) is 0 Å². The van der Waals surface area contributed by atoms with Crippen molar-refractivity contribution in [2.75, 3.05) is 5.73 Å². The number of nitrogens with two attached hydrogens (primary N) is 1. The molecule has 17 heavy (non-hydrogen) atoms. The van der Waals surface area contributed by atoms with Gasteiger partial charge in [0.05, 0.1) is 16.3 Å². The second kappa shape index (κ2) is 4.55. The Morgan fingerprint density at radius 1 is 1.18 bits per heavy atom. The van der Waals surface area contributed by atoms with Gasteiger partial charge in [0.15, 0.2) is 5.78 Å². The molecule has 2 aromatic carbocycles. The molecule has 0 aliphatic rings. The van der Waals surface area contributed by atoms with Crippen molar-refractivity contribution in [1.82, 2.24) is 0 Å². The number of ketones is 1. The Bertz CT molecular complexity index is 583. The van der Waals surface area contributed by atoms with Crippen molar-refractivity contribution >= 4 is 23.1 Å². The average molecular weight is 250 g/mol. The third-order valence-electron chi connectivity index (χ3n) is 2.38. The number of carbonyl (C=O) groups is 1. The van der Waals surface area contributed by atoms with E-state index in [2.05, 4.69) is 0 Å². The molecule has 0 radical (unpaired) electrons. The lowest BCUT2D eigenvalue weighted by atomic mass is 10.0. The summed E-state index contributed by atoms with van der Waals surface area (Å²) in [6.07, 6.45) is 0. The Morgan fingerprint density at radius 3 is 2.53 bits per heavy atom. The van der Waals surface area contributed by atoms with Gasteiger partial charge >= 0.3 is 0 Å². The van der Waals surface area contributed by atoms with Crippen molar-refractivity contribution in [3.63, 3.8) is 0 Å². The first kappa shape index (κ1) is 11.6. The molecule has 0 saturated heterocycles. The topological polar surface area (TPSA) is 43.1 Å². The molecular weight excluding hydrogens is 241 g/mol. The Balaban J connectivity index is 2.44. The van der Waals surface area contributed by atoms with Crippen LogP contribution >= 0.6 is 11.6 Å². The number of carbonyl (C=O) groups excluding carboxylic acids is 1. The average Bonchev–Trinajstić information content (AvgIpc) is 2.32. The maximum absolute atomic E-state index is 13.4. The molecule has 2 rings (SSSR count).